The van der Waals surface area contributed by atoms with Gasteiger partial charge in [0.05, 0.1) is 5.69 Å². The van der Waals surface area contributed by atoms with Gasteiger partial charge in [0.25, 0.3) is 0 Å². The smallest absolute Gasteiger partial charge is 0.192 e. The minimum atomic E-state index is 0.387. The van der Waals surface area contributed by atoms with E-state index in [9.17, 15) is 0 Å². The molecule has 0 amide bonds. The summed E-state index contributed by atoms with van der Waals surface area (Å²) in [6.45, 7) is 6.14. The molecule has 1 aromatic heterocycles. The zero-order valence-corrected chi connectivity index (χ0v) is 9.32. The number of aromatic nitrogens is 1. The molecule has 0 radical (unpaired) electrons. The summed E-state index contributed by atoms with van der Waals surface area (Å²) in [6, 6.07) is 10.1. The molecule has 0 atom stereocenters. The second-order valence-corrected chi connectivity index (χ2v) is 3.97. The summed E-state index contributed by atoms with van der Waals surface area (Å²) >= 11 is 0. The summed E-state index contributed by atoms with van der Waals surface area (Å²) < 4.78 is 5.65. The SMILES string of the molecule is Cc1nc(C(C)C)c(-c2ccccc2)o1. The maximum atomic E-state index is 5.65. The highest BCUT2D eigenvalue weighted by Crippen LogP contribution is 2.29. The van der Waals surface area contributed by atoms with E-state index in [0.29, 0.717) is 5.92 Å². The molecule has 0 aliphatic carbocycles. The van der Waals surface area contributed by atoms with E-state index in [0.717, 1.165) is 22.9 Å². The Morgan fingerprint density at radius 2 is 1.80 bits per heavy atom. The van der Waals surface area contributed by atoms with Gasteiger partial charge < -0.3 is 4.42 Å². The van der Waals surface area contributed by atoms with Crippen LogP contribution in [0.5, 0.6) is 0 Å². The molecule has 0 bridgehead atoms. The molecule has 0 N–H and O–H groups in total. The van der Waals surface area contributed by atoms with Crippen LogP contribution in [0.1, 0.15) is 31.4 Å². The van der Waals surface area contributed by atoms with Gasteiger partial charge in [-0.2, -0.15) is 0 Å². The Hall–Kier alpha value is -1.57. The lowest BCUT2D eigenvalue weighted by molar-refractivity contribution is 0.533. The maximum absolute atomic E-state index is 5.65. The van der Waals surface area contributed by atoms with Crippen molar-refractivity contribution in [1.29, 1.82) is 0 Å². The maximum Gasteiger partial charge on any atom is 0.192 e. The molecule has 2 rings (SSSR count). The zero-order valence-electron chi connectivity index (χ0n) is 9.32. The third-order valence-corrected chi connectivity index (χ3v) is 2.34. The normalized spacial score (nSPS) is 10.9. The molecule has 0 fully saturated rings. The van der Waals surface area contributed by atoms with Crippen molar-refractivity contribution in [2.24, 2.45) is 0 Å². The van der Waals surface area contributed by atoms with Crippen molar-refractivity contribution < 1.29 is 4.42 Å². The third kappa shape index (κ3) is 1.94. The van der Waals surface area contributed by atoms with Gasteiger partial charge in [-0.3, -0.25) is 0 Å². The molecule has 1 heterocycles. The molecule has 2 nitrogen and oxygen atoms in total. The summed E-state index contributed by atoms with van der Waals surface area (Å²) in [5.41, 5.74) is 2.14. The van der Waals surface area contributed by atoms with Crippen LogP contribution in [0.2, 0.25) is 0 Å². The summed E-state index contributed by atoms with van der Waals surface area (Å²) in [6.07, 6.45) is 0. The lowest BCUT2D eigenvalue weighted by Crippen LogP contribution is -1.90. The monoisotopic (exact) mass is 201 g/mol. The molecule has 0 unspecified atom stereocenters. The number of rotatable bonds is 2. The molecule has 78 valence electrons. The fraction of sp³-hybridized carbons (Fsp3) is 0.308. The van der Waals surface area contributed by atoms with Gasteiger partial charge in [-0.15, -0.1) is 0 Å². The highest BCUT2D eigenvalue weighted by atomic mass is 16.4. The van der Waals surface area contributed by atoms with Gasteiger partial charge in [0.1, 0.15) is 0 Å². The number of aryl methyl sites for hydroxylation is 1. The number of hydrogen-bond donors (Lipinski definition) is 0. The van der Waals surface area contributed by atoms with Gasteiger partial charge in [-0.25, -0.2) is 4.98 Å². The number of nitrogens with zero attached hydrogens (tertiary/aromatic N) is 1. The van der Waals surface area contributed by atoms with Crippen LogP contribution in [0.4, 0.5) is 0 Å². The second kappa shape index (κ2) is 3.89. The largest absolute Gasteiger partial charge is 0.441 e. The molecule has 2 aromatic rings. The van der Waals surface area contributed by atoms with E-state index in [2.05, 4.69) is 18.8 Å². The Kier molecular flexibility index (Phi) is 2.58. The predicted octanol–water partition coefficient (Wildman–Crippen LogP) is 3.77. The van der Waals surface area contributed by atoms with Gasteiger partial charge in [0.2, 0.25) is 0 Å². The highest BCUT2D eigenvalue weighted by molar-refractivity contribution is 5.60. The fourth-order valence-corrected chi connectivity index (χ4v) is 1.63. The Morgan fingerprint density at radius 1 is 1.13 bits per heavy atom. The van der Waals surface area contributed by atoms with Gasteiger partial charge in [-0.05, 0) is 5.92 Å². The van der Waals surface area contributed by atoms with Gasteiger partial charge in [-0.1, -0.05) is 44.2 Å². The summed E-state index contributed by atoms with van der Waals surface area (Å²) in [7, 11) is 0. The first-order valence-electron chi connectivity index (χ1n) is 5.21. The van der Waals surface area contributed by atoms with Crippen molar-refractivity contribution in [2.45, 2.75) is 26.7 Å². The van der Waals surface area contributed by atoms with Crippen LogP contribution < -0.4 is 0 Å². The summed E-state index contributed by atoms with van der Waals surface area (Å²) in [5, 5.41) is 0. The highest BCUT2D eigenvalue weighted by Gasteiger charge is 2.15. The van der Waals surface area contributed by atoms with Crippen molar-refractivity contribution in [3.05, 3.63) is 41.9 Å². The number of oxazole rings is 1. The zero-order chi connectivity index (χ0) is 10.8. The molecular weight excluding hydrogens is 186 g/mol. The van der Waals surface area contributed by atoms with Crippen LogP contribution in [0.15, 0.2) is 34.7 Å². The van der Waals surface area contributed by atoms with E-state index in [1.807, 2.05) is 37.3 Å². The van der Waals surface area contributed by atoms with E-state index >= 15 is 0 Å². The van der Waals surface area contributed by atoms with Crippen LogP contribution in [0.3, 0.4) is 0 Å². The molecule has 0 spiro atoms. The van der Waals surface area contributed by atoms with E-state index in [4.69, 9.17) is 4.42 Å². The first-order chi connectivity index (χ1) is 7.18. The van der Waals surface area contributed by atoms with Crippen LogP contribution in [0, 0.1) is 6.92 Å². The molecule has 0 saturated carbocycles. The fourth-order valence-electron chi connectivity index (χ4n) is 1.63. The minimum absolute atomic E-state index is 0.387. The minimum Gasteiger partial charge on any atom is -0.441 e. The molecule has 15 heavy (non-hydrogen) atoms. The third-order valence-electron chi connectivity index (χ3n) is 2.34. The molecule has 0 saturated heterocycles. The topological polar surface area (TPSA) is 26.0 Å². The molecular formula is C13H15NO. The molecule has 2 heteroatoms. The van der Waals surface area contributed by atoms with Gasteiger partial charge >= 0.3 is 0 Å². The molecule has 0 aliphatic rings. The van der Waals surface area contributed by atoms with E-state index in [-0.39, 0.29) is 0 Å². The van der Waals surface area contributed by atoms with Gasteiger partial charge in [0, 0.05) is 12.5 Å². The van der Waals surface area contributed by atoms with Crippen LogP contribution in [0.25, 0.3) is 11.3 Å². The van der Waals surface area contributed by atoms with Crippen molar-refractivity contribution in [3.8, 4) is 11.3 Å². The summed E-state index contributed by atoms with van der Waals surface area (Å²) in [5.74, 6) is 2.03. The second-order valence-electron chi connectivity index (χ2n) is 3.97. The number of hydrogen-bond acceptors (Lipinski definition) is 2. The average molecular weight is 201 g/mol. The standard InChI is InChI=1S/C13H15NO/c1-9(2)12-13(15-10(3)14-12)11-7-5-4-6-8-11/h4-9H,1-3H3. The number of benzene rings is 1. The van der Waals surface area contributed by atoms with Crippen LogP contribution in [-0.2, 0) is 0 Å². The predicted molar refractivity (Wildman–Crippen MR) is 60.8 cm³/mol. The van der Waals surface area contributed by atoms with E-state index in [1.165, 1.54) is 0 Å². The Morgan fingerprint density at radius 3 is 2.40 bits per heavy atom. The van der Waals surface area contributed by atoms with Crippen molar-refractivity contribution in [2.75, 3.05) is 0 Å². The van der Waals surface area contributed by atoms with Crippen molar-refractivity contribution in [3.63, 3.8) is 0 Å². The average Bonchev–Trinajstić information content (AvgIpc) is 2.62. The summed E-state index contributed by atoms with van der Waals surface area (Å²) in [4.78, 5) is 4.42. The van der Waals surface area contributed by atoms with Crippen LogP contribution >= 0.6 is 0 Å². The first-order valence-corrected chi connectivity index (χ1v) is 5.21. The van der Waals surface area contributed by atoms with Crippen molar-refractivity contribution >= 4 is 0 Å². The van der Waals surface area contributed by atoms with E-state index in [1.54, 1.807) is 0 Å². The van der Waals surface area contributed by atoms with Crippen molar-refractivity contribution in [1.82, 2.24) is 4.98 Å². The molecule has 0 aliphatic heterocycles. The van der Waals surface area contributed by atoms with Crippen LogP contribution in [-0.4, -0.2) is 4.98 Å². The van der Waals surface area contributed by atoms with E-state index < -0.39 is 0 Å². The lowest BCUT2D eigenvalue weighted by Gasteiger charge is -2.03. The quantitative estimate of drug-likeness (QED) is 0.739. The Balaban J connectivity index is 2.53. The lowest BCUT2D eigenvalue weighted by atomic mass is 10.0. The first kappa shape index (κ1) is 9.97. The van der Waals surface area contributed by atoms with Gasteiger partial charge in [0.15, 0.2) is 11.7 Å². The molecule has 1 aromatic carbocycles. The Bertz CT molecular complexity index is 443. The Labute approximate surface area is 90.0 Å².